The molecule has 23 heavy (non-hydrogen) atoms. The van der Waals surface area contributed by atoms with E-state index < -0.39 is 17.5 Å². The zero-order valence-electron chi connectivity index (χ0n) is 14.0. The van der Waals surface area contributed by atoms with E-state index in [9.17, 15) is 18.3 Å². The van der Waals surface area contributed by atoms with Gasteiger partial charge in [0.15, 0.2) is 0 Å². The van der Waals surface area contributed by atoms with E-state index in [1.807, 2.05) is 13.8 Å². The Morgan fingerprint density at radius 3 is 2.22 bits per heavy atom. The highest BCUT2D eigenvalue weighted by Gasteiger charge is 2.57. The standard InChI is InChI=1S/C18H24F3NO/c1-5-16(22-12-6-7-13(2)3)17(23,18(19,20)21)15-10-8-14(4)9-11-15/h5,8-13,23H,6-7H2,1-4H3/b16-5-,22-12?. The summed E-state index contributed by atoms with van der Waals surface area (Å²) in [5.74, 6) is 0.439. The number of alkyl halides is 3. The van der Waals surface area contributed by atoms with Gasteiger partial charge in [-0.1, -0.05) is 49.8 Å². The first-order valence-electron chi connectivity index (χ1n) is 7.68. The number of rotatable bonds is 6. The smallest absolute Gasteiger partial charge is 0.371 e. The summed E-state index contributed by atoms with van der Waals surface area (Å²) in [4.78, 5) is 3.92. The zero-order valence-corrected chi connectivity index (χ0v) is 14.0. The van der Waals surface area contributed by atoms with Crippen LogP contribution in [0, 0.1) is 12.8 Å². The normalized spacial score (nSPS) is 16.1. The monoisotopic (exact) mass is 327 g/mol. The number of aliphatic hydroxyl groups is 1. The van der Waals surface area contributed by atoms with Gasteiger partial charge in [-0.3, -0.25) is 4.99 Å². The number of halogens is 3. The first-order valence-corrected chi connectivity index (χ1v) is 7.68. The number of aliphatic imine (C=N–C) groups is 1. The second-order valence-corrected chi connectivity index (χ2v) is 6.03. The second kappa shape index (κ2) is 7.77. The van der Waals surface area contributed by atoms with Gasteiger partial charge in [-0.15, -0.1) is 0 Å². The Labute approximate surface area is 135 Å². The second-order valence-electron chi connectivity index (χ2n) is 6.03. The van der Waals surface area contributed by atoms with Crippen LogP contribution in [-0.2, 0) is 5.60 Å². The van der Waals surface area contributed by atoms with Crippen LogP contribution in [0.3, 0.4) is 0 Å². The fourth-order valence-electron chi connectivity index (χ4n) is 2.20. The summed E-state index contributed by atoms with van der Waals surface area (Å²) >= 11 is 0. The molecular formula is C18H24F3NO. The number of aryl methyl sites for hydroxylation is 1. The van der Waals surface area contributed by atoms with Crippen LogP contribution in [0.4, 0.5) is 13.2 Å². The van der Waals surface area contributed by atoms with E-state index >= 15 is 0 Å². The summed E-state index contributed by atoms with van der Waals surface area (Å²) in [7, 11) is 0. The maximum Gasteiger partial charge on any atom is 0.427 e. The van der Waals surface area contributed by atoms with Crippen molar-refractivity contribution in [3.8, 4) is 0 Å². The highest BCUT2D eigenvalue weighted by atomic mass is 19.4. The van der Waals surface area contributed by atoms with Crippen LogP contribution in [0.1, 0.15) is 44.7 Å². The summed E-state index contributed by atoms with van der Waals surface area (Å²) < 4.78 is 40.8. The Kier molecular flexibility index (Phi) is 6.57. The van der Waals surface area contributed by atoms with Crippen molar-refractivity contribution in [3.63, 3.8) is 0 Å². The fraction of sp³-hybridized carbons (Fsp3) is 0.500. The van der Waals surface area contributed by atoms with Crippen molar-refractivity contribution >= 4 is 6.21 Å². The molecule has 128 valence electrons. The van der Waals surface area contributed by atoms with E-state index in [4.69, 9.17) is 0 Å². The van der Waals surface area contributed by atoms with Crippen LogP contribution in [0.5, 0.6) is 0 Å². The van der Waals surface area contributed by atoms with Crippen molar-refractivity contribution in [3.05, 3.63) is 47.2 Å². The van der Waals surface area contributed by atoms with E-state index in [1.165, 1.54) is 31.3 Å². The topological polar surface area (TPSA) is 32.6 Å². The Hall–Kier alpha value is -1.62. The zero-order chi connectivity index (χ0) is 17.7. The summed E-state index contributed by atoms with van der Waals surface area (Å²) in [6.07, 6.45) is -0.814. The molecule has 0 aliphatic carbocycles. The average Bonchev–Trinajstić information content (AvgIpc) is 2.46. The minimum atomic E-state index is -4.86. The molecule has 1 N–H and O–H groups in total. The molecule has 0 radical (unpaired) electrons. The van der Waals surface area contributed by atoms with Crippen molar-refractivity contribution in [2.75, 3.05) is 0 Å². The minimum Gasteiger partial charge on any atom is -0.371 e. The highest BCUT2D eigenvalue weighted by Crippen LogP contribution is 2.44. The molecular weight excluding hydrogens is 303 g/mol. The van der Waals surface area contributed by atoms with Gasteiger partial charge in [-0.2, -0.15) is 13.2 Å². The number of hydrogen-bond acceptors (Lipinski definition) is 2. The minimum absolute atomic E-state index is 0.232. The van der Waals surface area contributed by atoms with Gasteiger partial charge in [-0.05, 0) is 38.2 Å². The molecule has 0 spiro atoms. The molecule has 1 unspecified atom stereocenters. The van der Waals surface area contributed by atoms with E-state index in [2.05, 4.69) is 4.99 Å². The summed E-state index contributed by atoms with van der Waals surface area (Å²) in [5.41, 5.74) is -2.92. The first-order chi connectivity index (χ1) is 10.6. The van der Waals surface area contributed by atoms with Gasteiger partial charge in [-0.25, -0.2) is 0 Å². The van der Waals surface area contributed by atoms with E-state index in [0.29, 0.717) is 12.3 Å². The Bertz CT molecular complexity index is 559. The van der Waals surface area contributed by atoms with Crippen molar-refractivity contribution in [2.24, 2.45) is 10.9 Å². The number of allylic oxidation sites excluding steroid dienone is 1. The maximum absolute atomic E-state index is 13.6. The molecule has 0 aromatic heterocycles. The largest absolute Gasteiger partial charge is 0.427 e. The third-order valence-corrected chi connectivity index (χ3v) is 3.63. The third kappa shape index (κ3) is 4.67. The molecule has 5 heteroatoms. The summed E-state index contributed by atoms with van der Waals surface area (Å²) in [6.45, 7) is 7.28. The molecule has 1 aromatic carbocycles. The van der Waals surface area contributed by atoms with Gasteiger partial charge in [0, 0.05) is 6.21 Å². The lowest BCUT2D eigenvalue weighted by Gasteiger charge is -2.31. The number of hydrogen-bond donors (Lipinski definition) is 1. The van der Waals surface area contributed by atoms with Gasteiger partial charge in [0.25, 0.3) is 0 Å². The maximum atomic E-state index is 13.6. The van der Waals surface area contributed by atoms with E-state index in [0.717, 1.165) is 12.0 Å². The molecule has 1 aromatic rings. The molecule has 0 aliphatic heterocycles. The van der Waals surface area contributed by atoms with Crippen LogP contribution in [-0.4, -0.2) is 17.5 Å². The van der Waals surface area contributed by atoms with Crippen molar-refractivity contribution in [1.82, 2.24) is 0 Å². The van der Waals surface area contributed by atoms with Gasteiger partial charge in [0.2, 0.25) is 5.60 Å². The molecule has 1 atom stereocenters. The molecule has 1 rings (SSSR count). The van der Waals surface area contributed by atoms with Crippen LogP contribution >= 0.6 is 0 Å². The van der Waals surface area contributed by atoms with Gasteiger partial charge in [0.05, 0.1) is 5.70 Å². The van der Waals surface area contributed by atoms with Gasteiger partial charge in [0.1, 0.15) is 0 Å². The Balaban J connectivity index is 3.21. The predicted octanol–water partition coefficient (Wildman–Crippen LogP) is 5.16. The lowest BCUT2D eigenvalue weighted by Crippen LogP contribution is -2.43. The van der Waals surface area contributed by atoms with E-state index in [1.54, 1.807) is 19.1 Å². The SMILES string of the molecule is C/C=C(\N=CCCC(C)C)C(O)(c1ccc(C)cc1)C(F)(F)F. The van der Waals surface area contributed by atoms with Crippen molar-refractivity contribution < 1.29 is 18.3 Å². The highest BCUT2D eigenvalue weighted by molar-refractivity contribution is 5.60. The van der Waals surface area contributed by atoms with E-state index in [-0.39, 0.29) is 5.56 Å². The molecule has 0 saturated heterocycles. The third-order valence-electron chi connectivity index (χ3n) is 3.63. The molecule has 0 saturated carbocycles. The number of benzene rings is 1. The Morgan fingerprint density at radius 2 is 1.78 bits per heavy atom. The molecule has 2 nitrogen and oxygen atoms in total. The lowest BCUT2D eigenvalue weighted by atomic mass is 9.89. The molecule has 0 aliphatic rings. The molecule has 0 amide bonds. The number of nitrogens with zero attached hydrogens (tertiary/aromatic N) is 1. The first kappa shape index (κ1) is 19.4. The quantitative estimate of drug-likeness (QED) is 0.720. The molecule has 0 fully saturated rings. The van der Waals surface area contributed by atoms with Crippen LogP contribution < -0.4 is 0 Å². The molecule has 0 bridgehead atoms. The lowest BCUT2D eigenvalue weighted by molar-refractivity contribution is -0.250. The van der Waals surface area contributed by atoms with Crippen LogP contribution in [0.2, 0.25) is 0 Å². The van der Waals surface area contributed by atoms with Crippen molar-refractivity contribution in [2.45, 2.75) is 52.3 Å². The average molecular weight is 327 g/mol. The molecule has 0 heterocycles. The fourth-order valence-corrected chi connectivity index (χ4v) is 2.20. The Morgan fingerprint density at radius 1 is 1.22 bits per heavy atom. The van der Waals surface area contributed by atoms with Crippen LogP contribution in [0.15, 0.2) is 41.0 Å². The summed E-state index contributed by atoms with van der Waals surface area (Å²) in [6, 6.07) is 5.66. The van der Waals surface area contributed by atoms with Crippen LogP contribution in [0.25, 0.3) is 0 Å². The summed E-state index contributed by atoms with van der Waals surface area (Å²) in [5, 5.41) is 10.5. The van der Waals surface area contributed by atoms with Crippen molar-refractivity contribution in [1.29, 1.82) is 0 Å². The van der Waals surface area contributed by atoms with Gasteiger partial charge >= 0.3 is 6.18 Å². The predicted molar refractivity (Wildman–Crippen MR) is 87.5 cm³/mol. The van der Waals surface area contributed by atoms with Gasteiger partial charge < -0.3 is 5.11 Å².